The quantitative estimate of drug-likeness (QED) is 0.578. The number of rotatable bonds is 3. The minimum Gasteiger partial charge on any atom is -0.298 e. The maximum atomic E-state index is 13.2. The molecule has 0 aliphatic carbocycles. The Labute approximate surface area is 131 Å². The molecule has 0 bridgehead atoms. The molecule has 0 fully saturated rings. The summed E-state index contributed by atoms with van der Waals surface area (Å²) < 4.78 is 79.2. The molecule has 0 saturated heterocycles. The number of hydrogen-bond donors (Lipinski definition) is 0. The van der Waals surface area contributed by atoms with Crippen LogP contribution in [0.1, 0.15) is 31.8 Å². The van der Waals surface area contributed by atoms with E-state index >= 15 is 0 Å². The highest BCUT2D eigenvalue weighted by Gasteiger charge is 2.39. The predicted molar refractivity (Wildman–Crippen MR) is 72.7 cm³/mol. The summed E-state index contributed by atoms with van der Waals surface area (Å²) in [6, 6.07) is 4.68. The van der Waals surface area contributed by atoms with E-state index in [0.717, 1.165) is 24.3 Å². The van der Waals surface area contributed by atoms with Crippen LogP contribution in [0.4, 0.5) is 26.3 Å². The summed E-state index contributed by atoms with van der Waals surface area (Å²) in [7, 11) is 0. The molecule has 2 rings (SSSR count). The maximum Gasteiger partial charge on any atom is 0.417 e. The van der Waals surface area contributed by atoms with Gasteiger partial charge in [-0.2, -0.15) is 26.3 Å². The van der Waals surface area contributed by atoms with Crippen LogP contribution >= 0.6 is 0 Å². The van der Waals surface area contributed by atoms with Gasteiger partial charge in [0.1, 0.15) is 6.29 Å². The Morgan fingerprint density at radius 1 is 0.750 bits per heavy atom. The van der Waals surface area contributed by atoms with Crippen molar-refractivity contribution >= 4 is 12.6 Å². The van der Waals surface area contributed by atoms with Crippen molar-refractivity contribution in [3.8, 4) is 11.1 Å². The van der Waals surface area contributed by atoms with E-state index < -0.39 is 40.2 Å². The van der Waals surface area contributed by atoms with Gasteiger partial charge in [-0.15, -0.1) is 0 Å². The third-order valence-electron chi connectivity index (χ3n) is 3.28. The zero-order chi connectivity index (χ0) is 18.1. The van der Waals surface area contributed by atoms with E-state index in [1.54, 1.807) is 0 Å². The predicted octanol–water partition coefficient (Wildman–Crippen LogP) is 5.02. The first-order valence-corrected chi connectivity index (χ1v) is 6.41. The van der Waals surface area contributed by atoms with Crippen molar-refractivity contribution in [1.29, 1.82) is 0 Å². The Bertz CT molecular complexity index is 790. The van der Waals surface area contributed by atoms with Crippen molar-refractivity contribution in [1.82, 2.24) is 0 Å². The summed E-state index contributed by atoms with van der Waals surface area (Å²) in [5, 5.41) is 0. The largest absolute Gasteiger partial charge is 0.417 e. The molecule has 126 valence electrons. The fourth-order valence-corrected chi connectivity index (χ4v) is 2.29. The van der Waals surface area contributed by atoms with Crippen molar-refractivity contribution in [3.05, 3.63) is 58.7 Å². The third-order valence-corrected chi connectivity index (χ3v) is 3.28. The number of alkyl halides is 6. The average molecular weight is 346 g/mol. The van der Waals surface area contributed by atoms with Gasteiger partial charge < -0.3 is 0 Å². The van der Waals surface area contributed by atoms with E-state index in [0.29, 0.717) is 12.1 Å². The van der Waals surface area contributed by atoms with Gasteiger partial charge in [0.15, 0.2) is 6.29 Å². The highest BCUT2D eigenvalue weighted by molar-refractivity contribution is 5.91. The van der Waals surface area contributed by atoms with Crippen LogP contribution in [-0.2, 0) is 12.4 Å². The highest BCUT2D eigenvalue weighted by Crippen LogP contribution is 2.43. The third kappa shape index (κ3) is 3.32. The Morgan fingerprint density at radius 2 is 1.38 bits per heavy atom. The van der Waals surface area contributed by atoms with E-state index in [2.05, 4.69) is 0 Å². The second-order valence-corrected chi connectivity index (χ2v) is 4.81. The monoisotopic (exact) mass is 346 g/mol. The van der Waals surface area contributed by atoms with E-state index in [1.165, 1.54) is 0 Å². The van der Waals surface area contributed by atoms with Crippen molar-refractivity contribution in [2.45, 2.75) is 12.4 Å². The molecule has 0 aromatic heterocycles. The van der Waals surface area contributed by atoms with Crippen LogP contribution < -0.4 is 0 Å². The second-order valence-electron chi connectivity index (χ2n) is 4.81. The van der Waals surface area contributed by atoms with Gasteiger partial charge in [-0.25, -0.2) is 0 Å². The Kier molecular flexibility index (Phi) is 4.50. The molecule has 8 heteroatoms. The van der Waals surface area contributed by atoms with Crippen LogP contribution in [0, 0.1) is 0 Å². The van der Waals surface area contributed by atoms with Crippen LogP contribution in [-0.4, -0.2) is 12.6 Å². The molecular formula is C16H8F6O2. The van der Waals surface area contributed by atoms with Gasteiger partial charge in [-0.05, 0) is 17.7 Å². The average Bonchev–Trinajstić information content (AvgIpc) is 2.51. The van der Waals surface area contributed by atoms with Crippen molar-refractivity contribution in [2.75, 3.05) is 0 Å². The van der Waals surface area contributed by atoms with Crippen molar-refractivity contribution in [2.24, 2.45) is 0 Å². The molecule has 2 aromatic carbocycles. The van der Waals surface area contributed by atoms with Gasteiger partial charge in [-0.3, -0.25) is 9.59 Å². The molecule has 0 aliphatic rings. The first kappa shape index (κ1) is 17.7. The summed E-state index contributed by atoms with van der Waals surface area (Å²) in [5.74, 6) is 0. The fourth-order valence-electron chi connectivity index (χ4n) is 2.29. The molecule has 0 radical (unpaired) electrons. The van der Waals surface area contributed by atoms with Gasteiger partial charge in [0.2, 0.25) is 0 Å². The number of carbonyl (C=O) groups is 2. The van der Waals surface area contributed by atoms with E-state index in [1.807, 2.05) is 0 Å². The minimum atomic E-state index is -5.01. The first-order chi connectivity index (χ1) is 11.1. The molecule has 0 saturated carbocycles. The number of benzene rings is 2. The summed E-state index contributed by atoms with van der Waals surface area (Å²) >= 11 is 0. The smallest absolute Gasteiger partial charge is 0.298 e. The molecule has 0 spiro atoms. The Morgan fingerprint density at radius 3 is 1.88 bits per heavy atom. The molecule has 0 N–H and O–H groups in total. The second kappa shape index (κ2) is 6.10. The minimum absolute atomic E-state index is 0.0539. The van der Waals surface area contributed by atoms with Gasteiger partial charge in [0.25, 0.3) is 0 Å². The van der Waals surface area contributed by atoms with E-state index in [-0.39, 0.29) is 18.1 Å². The van der Waals surface area contributed by atoms with Gasteiger partial charge in [0, 0.05) is 16.7 Å². The van der Waals surface area contributed by atoms with Gasteiger partial charge in [0.05, 0.1) is 11.1 Å². The maximum absolute atomic E-state index is 13.2. The molecule has 0 atom stereocenters. The molecule has 2 nitrogen and oxygen atoms in total. The Hall–Kier alpha value is -2.64. The molecule has 2 aromatic rings. The highest BCUT2D eigenvalue weighted by atomic mass is 19.4. The molecule has 0 amide bonds. The van der Waals surface area contributed by atoms with E-state index in [9.17, 15) is 35.9 Å². The van der Waals surface area contributed by atoms with Crippen molar-refractivity contribution in [3.63, 3.8) is 0 Å². The lowest BCUT2D eigenvalue weighted by Crippen LogP contribution is -2.13. The van der Waals surface area contributed by atoms with E-state index in [4.69, 9.17) is 0 Å². The molecule has 0 heterocycles. The standard InChI is InChI=1S/C16H8F6O2/c17-15(18,19)12-3-1-2-10(8-24)14(12)11-5-4-9(7-23)6-13(11)16(20,21)22/h1-8H. The zero-order valence-corrected chi connectivity index (χ0v) is 11.7. The van der Waals surface area contributed by atoms with Crippen molar-refractivity contribution < 1.29 is 35.9 Å². The van der Waals surface area contributed by atoms with Crippen LogP contribution in [0.25, 0.3) is 11.1 Å². The van der Waals surface area contributed by atoms with Gasteiger partial charge >= 0.3 is 12.4 Å². The number of aldehydes is 2. The molecule has 24 heavy (non-hydrogen) atoms. The lowest BCUT2D eigenvalue weighted by Gasteiger charge is -2.19. The summed E-state index contributed by atoms with van der Waals surface area (Å²) in [6.07, 6.45) is -9.76. The molecule has 0 aliphatic heterocycles. The lowest BCUT2D eigenvalue weighted by molar-refractivity contribution is -0.139. The molecular weight excluding hydrogens is 338 g/mol. The van der Waals surface area contributed by atoms with Gasteiger partial charge in [-0.1, -0.05) is 24.3 Å². The summed E-state index contributed by atoms with van der Waals surface area (Å²) in [6.45, 7) is 0. The lowest BCUT2D eigenvalue weighted by atomic mass is 9.90. The van der Waals surface area contributed by atoms with Crippen LogP contribution in [0.15, 0.2) is 36.4 Å². The topological polar surface area (TPSA) is 34.1 Å². The van der Waals surface area contributed by atoms with Crippen LogP contribution in [0.5, 0.6) is 0 Å². The Balaban J connectivity index is 2.91. The normalized spacial score (nSPS) is 12.1. The van der Waals surface area contributed by atoms with Crippen LogP contribution in [0.3, 0.4) is 0 Å². The SMILES string of the molecule is O=Cc1ccc(-c2c(C=O)cccc2C(F)(F)F)c(C(F)(F)F)c1. The zero-order valence-electron chi connectivity index (χ0n) is 11.7. The first-order valence-electron chi connectivity index (χ1n) is 6.41. The molecule has 0 unspecified atom stereocenters. The number of halogens is 6. The number of hydrogen-bond acceptors (Lipinski definition) is 2. The fraction of sp³-hybridized carbons (Fsp3) is 0.125. The summed E-state index contributed by atoms with van der Waals surface area (Å²) in [5.41, 5.74) is -5.35. The van der Waals surface area contributed by atoms with Crippen LogP contribution in [0.2, 0.25) is 0 Å². The summed E-state index contributed by atoms with van der Waals surface area (Å²) in [4.78, 5) is 21.7. The number of carbonyl (C=O) groups excluding carboxylic acids is 2.